The van der Waals surface area contributed by atoms with E-state index in [0.29, 0.717) is 48.3 Å². The number of amides is 1. The van der Waals surface area contributed by atoms with Gasteiger partial charge in [-0.2, -0.15) is 0 Å². The number of hydrogen-bond acceptors (Lipinski definition) is 7. The zero-order valence-corrected chi connectivity index (χ0v) is 17.6. The molecule has 0 bridgehead atoms. The summed E-state index contributed by atoms with van der Waals surface area (Å²) in [6.07, 6.45) is 1.48. The molecule has 2 aliphatic rings. The monoisotopic (exact) mass is 448 g/mol. The maximum atomic E-state index is 14.3. The van der Waals surface area contributed by atoms with Gasteiger partial charge in [0.05, 0.1) is 36.4 Å². The molecule has 1 amide bonds. The van der Waals surface area contributed by atoms with Gasteiger partial charge in [0, 0.05) is 24.7 Å². The van der Waals surface area contributed by atoms with Crippen molar-refractivity contribution in [3.63, 3.8) is 0 Å². The number of methoxy groups -OCH3 is 1. The van der Waals surface area contributed by atoms with E-state index in [-0.39, 0.29) is 18.2 Å². The summed E-state index contributed by atoms with van der Waals surface area (Å²) in [5.41, 5.74) is 1.55. The molecule has 1 saturated heterocycles. The molecule has 2 aliphatic heterocycles. The maximum absolute atomic E-state index is 14.3. The van der Waals surface area contributed by atoms with E-state index in [0.717, 1.165) is 0 Å². The van der Waals surface area contributed by atoms with Gasteiger partial charge in [0.25, 0.3) is 5.85 Å². The van der Waals surface area contributed by atoms with Crippen LogP contribution in [0, 0.1) is 5.82 Å². The van der Waals surface area contributed by atoms with Gasteiger partial charge in [-0.05, 0) is 30.3 Å². The molecule has 31 heavy (non-hydrogen) atoms. The Morgan fingerprint density at radius 3 is 3.00 bits per heavy atom. The summed E-state index contributed by atoms with van der Waals surface area (Å²) in [6, 6.07) is 9.69. The van der Waals surface area contributed by atoms with Gasteiger partial charge in [0.15, 0.2) is 0 Å². The number of hydrogen-bond donors (Lipinski definition) is 2. The van der Waals surface area contributed by atoms with Crippen LogP contribution in [-0.2, 0) is 20.1 Å². The van der Waals surface area contributed by atoms with Crippen molar-refractivity contribution in [2.45, 2.75) is 5.85 Å². The minimum absolute atomic E-state index is 0.0384. The average molecular weight is 449 g/mol. The third kappa shape index (κ3) is 4.58. The van der Waals surface area contributed by atoms with Crippen molar-refractivity contribution in [1.29, 1.82) is 0 Å². The van der Waals surface area contributed by atoms with Crippen molar-refractivity contribution < 1.29 is 23.4 Å². The van der Waals surface area contributed by atoms with Crippen LogP contribution in [-0.4, -0.2) is 57.2 Å². The number of halogens is 2. The molecule has 1 fully saturated rings. The molecule has 0 saturated carbocycles. The first-order valence-electron chi connectivity index (χ1n) is 9.72. The third-order valence-electron chi connectivity index (χ3n) is 5.07. The van der Waals surface area contributed by atoms with Crippen LogP contribution >= 0.6 is 11.6 Å². The van der Waals surface area contributed by atoms with E-state index in [4.69, 9.17) is 25.8 Å². The zero-order valence-electron chi connectivity index (χ0n) is 16.9. The van der Waals surface area contributed by atoms with Gasteiger partial charge in [-0.25, -0.2) is 9.38 Å². The predicted octanol–water partition coefficient (Wildman–Crippen LogP) is 3.04. The van der Waals surface area contributed by atoms with Crippen molar-refractivity contribution in [2.75, 3.05) is 50.7 Å². The average Bonchev–Trinajstić information content (AvgIpc) is 2.77. The number of rotatable bonds is 7. The molecule has 2 aromatic rings. The van der Waals surface area contributed by atoms with Crippen LogP contribution in [0.1, 0.15) is 5.56 Å². The largest absolute Gasteiger partial charge is 0.492 e. The summed E-state index contributed by atoms with van der Waals surface area (Å²) >= 11 is 5.85. The van der Waals surface area contributed by atoms with Gasteiger partial charge >= 0.3 is 0 Å². The lowest BCUT2D eigenvalue weighted by Crippen LogP contribution is -2.43. The Morgan fingerprint density at radius 1 is 1.35 bits per heavy atom. The fraction of sp³-hybridized carbons (Fsp3) is 0.333. The van der Waals surface area contributed by atoms with Gasteiger partial charge < -0.3 is 29.7 Å². The maximum Gasteiger partial charge on any atom is 0.267 e. The SMILES string of the molecule is COC1(Nc2ccc(Cl)cc2F)N=CNc2cc(OCCN3CCOCC3=O)ccc21. The Labute approximate surface area is 183 Å². The molecular formula is C21H22ClFN4O4. The molecule has 2 N–H and O–H groups in total. The van der Waals surface area contributed by atoms with E-state index in [9.17, 15) is 9.18 Å². The number of nitrogens with zero attached hydrogens (tertiary/aromatic N) is 2. The summed E-state index contributed by atoms with van der Waals surface area (Å²) in [6.45, 7) is 2.04. The molecule has 10 heteroatoms. The zero-order chi connectivity index (χ0) is 21.8. The third-order valence-corrected chi connectivity index (χ3v) is 5.30. The number of carbonyl (C=O) groups is 1. The minimum atomic E-state index is -1.33. The fourth-order valence-electron chi connectivity index (χ4n) is 3.44. The van der Waals surface area contributed by atoms with Crippen molar-refractivity contribution in [3.8, 4) is 5.75 Å². The van der Waals surface area contributed by atoms with E-state index in [1.165, 1.54) is 25.6 Å². The lowest BCUT2D eigenvalue weighted by molar-refractivity contribution is -0.143. The summed E-state index contributed by atoms with van der Waals surface area (Å²) in [5, 5.41) is 6.37. The molecule has 164 valence electrons. The normalized spacial score (nSPS) is 20.2. The molecule has 0 aromatic heterocycles. The molecule has 1 atom stereocenters. The number of anilines is 2. The number of carbonyl (C=O) groups excluding carboxylic acids is 1. The van der Waals surface area contributed by atoms with E-state index in [1.807, 2.05) is 0 Å². The second-order valence-electron chi connectivity index (χ2n) is 6.99. The van der Waals surface area contributed by atoms with Crippen LogP contribution in [0.5, 0.6) is 5.75 Å². The Bertz CT molecular complexity index is 1010. The molecular weight excluding hydrogens is 427 g/mol. The Kier molecular flexibility index (Phi) is 6.26. The smallest absolute Gasteiger partial charge is 0.267 e. The lowest BCUT2D eigenvalue weighted by atomic mass is 10.1. The number of nitrogens with one attached hydrogen (secondary N) is 2. The quantitative estimate of drug-likeness (QED) is 0.633. The number of aliphatic imine (C=N–C) groups is 1. The highest BCUT2D eigenvalue weighted by Crippen LogP contribution is 2.38. The van der Waals surface area contributed by atoms with Gasteiger partial charge in [-0.1, -0.05) is 11.6 Å². The summed E-state index contributed by atoms with van der Waals surface area (Å²) in [5.74, 6) is -1.26. The highest BCUT2D eigenvalue weighted by atomic mass is 35.5. The summed E-state index contributed by atoms with van der Waals surface area (Å²) in [4.78, 5) is 17.9. The van der Waals surface area contributed by atoms with Crippen molar-refractivity contribution in [3.05, 3.63) is 52.8 Å². The van der Waals surface area contributed by atoms with E-state index < -0.39 is 11.7 Å². The standard InChI is InChI=1S/C21H22ClFN4O4/c1-29-21(26-18-5-2-14(22)10-17(18)23)16-4-3-15(11-19(16)24-13-25-21)31-9-7-27-6-8-30-12-20(27)28/h2-5,10-11,13,26H,6-9,12H2,1H3,(H,24,25). The van der Waals surface area contributed by atoms with Crippen LogP contribution in [0.3, 0.4) is 0 Å². The van der Waals surface area contributed by atoms with Crippen molar-refractivity contribution in [1.82, 2.24) is 4.90 Å². The first-order chi connectivity index (χ1) is 15.0. The Hall–Kier alpha value is -2.88. The highest BCUT2D eigenvalue weighted by Gasteiger charge is 2.37. The molecule has 0 radical (unpaired) electrons. The molecule has 0 aliphatic carbocycles. The lowest BCUT2D eigenvalue weighted by Gasteiger charge is -2.34. The van der Waals surface area contributed by atoms with Crippen LogP contribution in [0.2, 0.25) is 5.02 Å². The van der Waals surface area contributed by atoms with E-state index in [1.54, 1.807) is 29.2 Å². The van der Waals surface area contributed by atoms with Crippen LogP contribution in [0.4, 0.5) is 15.8 Å². The minimum Gasteiger partial charge on any atom is -0.492 e. The van der Waals surface area contributed by atoms with E-state index in [2.05, 4.69) is 15.6 Å². The number of morpholine rings is 1. The van der Waals surface area contributed by atoms with Gasteiger partial charge in [0.1, 0.15) is 24.8 Å². The molecule has 1 unspecified atom stereocenters. The van der Waals surface area contributed by atoms with Crippen molar-refractivity contribution >= 4 is 35.2 Å². The highest BCUT2D eigenvalue weighted by molar-refractivity contribution is 6.30. The Balaban J connectivity index is 1.49. The fourth-order valence-corrected chi connectivity index (χ4v) is 3.60. The number of fused-ring (bicyclic) bond motifs is 1. The predicted molar refractivity (Wildman–Crippen MR) is 115 cm³/mol. The first-order valence-corrected chi connectivity index (χ1v) is 10.1. The summed E-state index contributed by atoms with van der Waals surface area (Å²) in [7, 11) is 1.48. The molecule has 2 heterocycles. The molecule has 8 nitrogen and oxygen atoms in total. The van der Waals surface area contributed by atoms with E-state index >= 15 is 0 Å². The topological polar surface area (TPSA) is 84.4 Å². The number of benzene rings is 2. The number of ether oxygens (including phenoxy) is 3. The molecule has 2 aromatic carbocycles. The van der Waals surface area contributed by atoms with Crippen LogP contribution in [0.25, 0.3) is 0 Å². The van der Waals surface area contributed by atoms with Crippen molar-refractivity contribution in [2.24, 2.45) is 4.99 Å². The second-order valence-corrected chi connectivity index (χ2v) is 7.43. The first kappa shape index (κ1) is 21.4. The van der Waals surface area contributed by atoms with Gasteiger partial charge in [-0.15, -0.1) is 0 Å². The second kappa shape index (κ2) is 9.09. The van der Waals surface area contributed by atoms with Crippen LogP contribution < -0.4 is 15.4 Å². The van der Waals surface area contributed by atoms with Gasteiger partial charge in [0.2, 0.25) is 5.91 Å². The van der Waals surface area contributed by atoms with Gasteiger partial charge in [-0.3, -0.25) is 4.79 Å². The Morgan fingerprint density at radius 2 is 2.23 bits per heavy atom. The summed E-state index contributed by atoms with van der Waals surface area (Å²) < 4.78 is 31.0. The molecule has 4 rings (SSSR count). The van der Waals surface area contributed by atoms with Crippen LogP contribution in [0.15, 0.2) is 41.4 Å². The molecule has 0 spiro atoms.